The van der Waals surface area contributed by atoms with Gasteiger partial charge in [-0.1, -0.05) is 6.07 Å². The Morgan fingerprint density at radius 3 is 2.56 bits per heavy atom. The Kier molecular flexibility index (Phi) is 6.18. The van der Waals surface area contributed by atoms with Gasteiger partial charge in [-0.05, 0) is 48.7 Å². The molecule has 3 rings (SSSR count). The van der Waals surface area contributed by atoms with E-state index in [2.05, 4.69) is 4.98 Å². The third kappa shape index (κ3) is 4.90. The molecule has 0 radical (unpaired) electrons. The van der Waals surface area contributed by atoms with E-state index in [-0.39, 0.29) is 17.3 Å². The normalized spacial score (nSPS) is 16.1. The van der Waals surface area contributed by atoms with Gasteiger partial charge in [-0.15, -0.1) is 0 Å². The summed E-state index contributed by atoms with van der Waals surface area (Å²) in [5.41, 5.74) is 1.00. The Morgan fingerprint density at radius 1 is 1.07 bits per heavy atom. The molecule has 1 aromatic heterocycles. The lowest BCUT2D eigenvalue weighted by atomic mass is 10.1. The monoisotopic (exact) mass is 391 g/mol. The van der Waals surface area contributed by atoms with E-state index in [0.717, 1.165) is 17.7 Å². The molecule has 1 amide bonds. The molecule has 1 saturated heterocycles. The smallest absolute Gasteiger partial charge is 0.243 e. The maximum Gasteiger partial charge on any atom is 0.243 e. The number of halogens is 1. The highest BCUT2D eigenvalue weighted by Gasteiger charge is 2.28. The zero-order valence-corrected chi connectivity index (χ0v) is 15.7. The second-order valence-electron chi connectivity index (χ2n) is 6.45. The zero-order chi connectivity index (χ0) is 19.3. The topological polar surface area (TPSA) is 70.6 Å². The first-order chi connectivity index (χ1) is 13.0. The van der Waals surface area contributed by atoms with Crippen LogP contribution in [-0.4, -0.2) is 54.7 Å². The van der Waals surface area contributed by atoms with Crippen LogP contribution in [-0.2, 0) is 21.2 Å². The number of hydrogen-bond donors (Lipinski definition) is 0. The van der Waals surface area contributed by atoms with Crippen molar-refractivity contribution in [2.45, 2.75) is 24.2 Å². The summed E-state index contributed by atoms with van der Waals surface area (Å²) >= 11 is 0. The van der Waals surface area contributed by atoms with Gasteiger partial charge >= 0.3 is 0 Å². The summed E-state index contributed by atoms with van der Waals surface area (Å²) in [5, 5.41) is 0. The molecule has 2 aromatic rings. The van der Waals surface area contributed by atoms with Gasteiger partial charge in [0, 0.05) is 45.0 Å². The first-order valence-corrected chi connectivity index (χ1v) is 10.3. The molecule has 1 aliphatic rings. The van der Waals surface area contributed by atoms with E-state index in [4.69, 9.17) is 0 Å². The molecule has 27 heavy (non-hydrogen) atoms. The van der Waals surface area contributed by atoms with Crippen molar-refractivity contribution in [2.75, 3.05) is 26.2 Å². The summed E-state index contributed by atoms with van der Waals surface area (Å²) in [6.45, 7) is 1.46. The predicted molar refractivity (Wildman–Crippen MR) is 98.9 cm³/mol. The van der Waals surface area contributed by atoms with Crippen molar-refractivity contribution >= 4 is 15.9 Å². The third-order valence-corrected chi connectivity index (χ3v) is 6.52. The molecule has 0 aliphatic carbocycles. The summed E-state index contributed by atoms with van der Waals surface area (Å²) in [6.07, 6.45) is 4.99. The highest BCUT2D eigenvalue weighted by Crippen LogP contribution is 2.18. The highest BCUT2D eigenvalue weighted by molar-refractivity contribution is 7.89. The third-order valence-electron chi connectivity index (χ3n) is 4.61. The van der Waals surface area contributed by atoms with Crippen molar-refractivity contribution < 1.29 is 17.6 Å². The second-order valence-corrected chi connectivity index (χ2v) is 8.39. The van der Waals surface area contributed by atoms with Crippen molar-refractivity contribution in [3.8, 4) is 0 Å². The molecule has 8 heteroatoms. The van der Waals surface area contributed by atoms with E-state index in [1.54, 1.807) is 17.3 Å². The van der Waals surface area contributed by atoms with Gasteiger partial charge in [0.1, 0.15) is 5.82 Å². The number of sulfonamides is 1. The van der Waals surface area contributed by atoms with Crippen LogP contribution in [0.4, 0.5) is 4.39 Å². The van der Waals surface area contributed by atoms with Crippen LogP contribution >= 0.6 is 0 Å². The first kappa shape index (κ1) is 19.4. The summed E-state index contributed by atoms with van der Waals surface area (Å²) in [7, 11) is -3.69. The minimum Gasteiger partial charge on any atom is -0.341 e. The van der Waals surface area contributed by atoms with Crippen molar-refractivity contribution in [1.82, 2.24) is 14.2 Å². The number of hydrogen-bond acceptors (Lipinski definition) is 4. The van der Waals surface area contributed by atoms with Gasteiger partial charge in [0.15, 0.2) is 0 Å². The van der Waals surface area contributed by atoms with Crippen LogP contribution in [0, 0.1) is 5.82 Å². The maximum atomic E-state index is 13.1. The molecule has 0 bridgehead atoms. The number of rotatable bonds is 5. The standard InChI is InChI=1S/C19H22FN3O3S/c20-17-5-7-18(8-6-17)27(25,26)23-12-2-11-22(13-14-23)19(24)9-4-16-3-1-10-21-15-16/h1,3,5-8,10,15H,2,4,9,11-14H2. The fraction of sp³-hybridized carbons (Fsp3) is 0.368. The van der Waals surface area contributed by atoms with Crippen molar-refractivity contribution in [2.24, 2.45) is 0 Å². The Labute approximate surface area is 158 Å². The van der Waals surface area contributed by atoms with Crippen LogP contribution < -0.4 is 0 Å². The predicted octanol–water partition coefficient (Wildman–Crippen LogP) is 2.08. The second kappa shape index (κ2) is 8.58. The molecular weight excluding hydrogens is 369 g/mol. The molecule has 1 aromatic carbocycles. The Balaban J connectivity index is 1.59. The largest absolute Gasteiger partial charge is 0.341 e. The number of aromatic nitrogens is 1. The fourth-order valence-corrected chi connectivity index (χ4v) is 4.56. The van der Waals surface area contributed by atoms with Crippen molar-refractivity contribution in [1.29, 1.82) is 0 Å². The molecule has 6 nitrogen and oxygen atoms in total. The Morgan fingerprint density at radius 2 is 1.85 bits per heavy atom. The fourth-order valence-electron chi connectivity index (χ4n) is 3.09. The summed E-state index contributed by atoms with van der Waals surface area (Å²) in [5.74, 6) is -0.463. The van der Waals surface area contributed by atoms with E-state index in [1.807, 2.05) is 12.1 Å². The number of benzene rings is 1. The van der Waals surface area contributed by atoms with Gasteiger partial charge in [-0.3, -0.25) is 9.78 Å². The van der Waals surface area contributed by atoms with Crippen LogP contribution in [0.3, 0.4) is 0 Å². The Hall–Kier alpha value is -2.32. The van der Waals surface area contributed by atoms with E-state index in [9.17, 15) is 17.6 Å². The van der Waals surface area contributed by atoms with E-state index >= 15 is 0 Å². The van der Waals surface area contributed by atoms with Crippen molar-refractivity contribution in [3.05, 3.63) is 60.2 Å². The van der Waals surface area contributed by atoms with Crippen LogP contribution in [0.15, 0.2) is 53.7 Å². The number of carbonyl (C=O) groups is 1. The molecule has 0 unspecified atom stereocenters. The molecule has 1 aliphatic heterocycles. The lowest BCUT2D eigenvalue weighted by Gasteiger charge is -2.22. The van der Waals surface area contributed by atoms with Gasteiger partial charge in [0.05, 0.1) is 4.90 Å². The number of amides is 1. The molecule has 0 N–H and O–H groups in total. The maximum absolute atomic E-state index is 13.1. The lowest BCUT2D eigenvalue weighted by Crippen LogP contribution is -2.37. The summed E-state index contributed by atoms with van der Waals surface area (Å²) in [6, 6.07) is 8.58. The number of nitrogens with zero attached hydrogens (tertiary/aromatic N) is 3. The lowest BCUT2D eigenvalue weighted by molar-refractivity contribution is -0.131. The summed E-state index contributed by atoms with van der Waals surface area (Å²) < 4.78 is 39.9. The van der Waals surface area contributed by atoms with E-state index in [1.165, 1.54) is 16.4 Å². The van der Waals surface area contributed by atoms with E-state index < -0.39 is 15.8 Å². The van der Waals surface area contributed by atoms with Gasteiger partial charge in [0.2, 0.25) is 15.9 Å². The zero-order valence-electron chi connectivity index (χ0n) is 14.9. The summed E-state index contributed by atoms with van der Waals surface area (Å²) in [4.78, 5) is 18.3. The van der Waals surface area contributed by atoms with Gasteiger partial charge in [0.25, 0.3) is 0 Å². The van der Waals surface area contributed by atoms with Crippen LogP contribution in [0.2, 0.25) is 0 Å². The number of aryl methyl sites for hydroxylation is 1. The van der Waals surface area contributed by atoms with Gasteiger partial charge in [-0.25, -0.2) is 12.8 Å². The minimum atomic E-state index is -3.69. The highest BCUT2D eigenvalue weighted by atomic mass is 32.2. The molecule has 0 saturated carbocycles. The number of pyridine rings is 1. The van der Waals surface area contributed by atoms with Gasteiger partial charge in [-0.2, -0.15) is 4.31 Å². The average Bonchev–Trinajstić information content (AvgIpc) is 2.94. The number of carbonyl (C=O) groups excluding carboxylic acids is 1. The van der Waals surface area contributed by atoms with Crippen LogP contribution in [0.5, 0.6) is 0 Å². The van der Waals surface area contributed by atoms with E-state index in [0.29, 0.717) is 38.9 Å². The average molecular weight is 391 g/mol. The molecular formula is C19H22FN3O3S. The molecule has 0 spiro atoms. The van der Waals surface area contributed by atoms with Crippen molar-refractivity contribution in [3.63, 3.8) is 0 Å². The minimum absolute atomic E-state index is 0.0138. The molecule has 2 heterocycles. The quantitative estimate of drug-likeness (QED) is 0.782. The molecule has 1 fully saturated rings. The van der Waals surface area contributed by atoms with Crippen LogP contribution in [0.1, 0.15) is 18.4 Å². The first-order valence-electron chi connectivity index (χ1n) is 8.89. The van der Waals surface area contributed by atoms with Crippen LogP contribution in [0.25, 0.3) is 0 Å². The van der Waals surface area contributed by atoms with Gasteiger partial charge < -0.3 is 4.90 Å². The Bertz CT molecular complexity index is 873. The SMILES string of the molecule is O=C(CCc1cccnc1)N1CCCN(S(=O)(=O)c2ccc(F)cc2)CC1. The molecule has 144 valence electrons. The molecule has 0 atom stereocenters.